The van der Waals surface area contributed by atoms with Crippen LogP contribution in [0.25, 0.3) is 28.4 Å². The zero-order valence-electron chi connectivity index (χ0n) is 15.3. The summed E-state index contributed by atoms with van der Waals surface area (Å²) in [4.78, 5) is 23.9. The summed E-state index contributed by atoms with van der Waals surface area (Å²) in [6.45, 7) is 0. The fraction of sp³-hybridized carbons (Fsp3) is 0. The zero-order valence-corrected chi connectivity index (χ0v) is 15.3. The Morgan fingerprint density at radius 1 is 0.897 bits per heavy atom. The molecule has 0 aliphatic rings. The molecule has 3 aromatic carbocycles. The first-order valence-electron chi connectivity index (χ1n) is 9.00. The van der Waals surface area contributed by atoms with Crippen LogP contribution in [0.3, 0.4) is 0 Å². The van der Waals surface area contributed by atoms with Gasteiger partial charge in [0.25, 0.3) is 0 Å². The molecule has 0 fully saturated rings. The van der Waals surface area contributed by atoms with E-state index in [1.807, 2.05) is 60.7 Å². The maximum atomic E-state index is 12.3. The molecule has 5 nitrogen and oxygen atoms in total. The molecule has 1 heterocycles. The molecule has 5 heteroatoms. The normalized spacial score (nSPS) is 11.0. The van der Waals surface area contributed by atoms with E-state index in [1.54, 1.807) is 18.2 Å². The highest BCUT2D eigenvalue weighted by atomic mass is 16.4. The van der Waals surface area contributed by atoms with E-state index in [-0.39, 0.29) is 11.3 Å². The molecule has 4 aromatic rings. The number of hydrogen-bond donors (Lipinski definition) is 2. The summed E-state index contributed by atoms with van der Waals surface area (Å²) in [6, 6.07) is 23.6. The molecule has 1 amide bonds. The molecule has 0 unspecified atom stereocenters. The van der Waals surface area contributed by atoms with E-state index in [1.165, 1.54) is 12.1 Å². The zero-order chi connectivity index (χ0) is 20.2. The van der Waals surface area contributed by atoms with Crippen LogP contribution < -0.4 is 5.32 Å². The minimum atomic E-state index is -1.12. The highest BCUT2D eigenvalue weighted by Crippen LogP contribution is 2.30. The lowest BCUT2D eigenvalue weighted by Gasteiger charge is -2.08. The second-order valence-electron chi connectivity index (χ2n) is 6.45. The third kappa shape index (κ3) is 4.09. The van der Waals surface area contributed by atoms with Crippen molar-refractivity contribution in [3.05, 3.63) is 96.1 Å². The van der Waals surface area contributed by atoms with Gasteiger partial charge < -0.3 is 14.8 Å². The van der Waals surface area contributed by atoms with Crippen LogP contribution >= 0.6 is 0 Å². The Morgan fingerprint density at radius 3 is 2.41 bits per heavy atom. The number of carbonyl (C=O) groups excluding carboxylic acids is 1. The first kappa shape index (κ1) is 18.3. The van der Waals surface area contributed by atoms with E-state index in [2.05, 4.69) is 5.32 Å². The lowest BCUT2D eigenvalue weighted by Crippen LogP contribution is -2.12. The molecule has 142 valence electrons. The minimum Gasteiger partial charge on any atom is -0.478 e. The quantitative estimate of drug-likeness (QED) is 0.449. The summed E-state index contributed by atoms with van der Waals surface area (Å²) >= 11 is 0. The van der Waals surface area contributed by atoms with Crippen molar-refractivity contribution in [2.24, 2.45) is 0 Å². The largest absolute Gasteiger partial charge is 0.478 e. The third-order valence-corrected chi connectivity index (χ3v) is 4.44. The Morgan fingerprint density at radius 2 is 1.66 bits per heavy atom. The maximum absolute atomic E-state index is 12.3. The Labute approximate surface area is 166 Å². The number of nitrogens with one attached hydrogen (secondary N) is 1. The number of carboxylic acid groups (broad SMARTS) is 1. The number of anilines is 1. The number of carbonyl (C=O) groups is 2. The van der Waals surface area contributed by atoms with Gasteiger partial charge in [-0.3, -0.25) is 4.79 Å². The predicted molar refractivity (Wildman–Crippen MR) is 113 cm³/mol. The Balaban J connectivity index is 1.64. The van der Waals surface area contributed by atoms with Crippen LogP contribution in [0.1, 0.15) is 15.9 Å². The fourth-order valence-electron chi connectivity index (χ4n) is 3.02. The Kier molecular flexibility index (Phi) is 4.95. The van der Waals surface area contributed by atoms with E-state index in [0.717, 1.165) is 16.5 Å². The topological polar surface area (TPSA) is 79.5 Å². The first-order valence-corrected chi connectivity index (χ1v) is 9.00. The van der Waals surface area contributed by atoms with Crippen LogP contribution in [0.2, 0.25) is 0 Å². The average molecular weight is 383 g/mol. The van der Waals surface area contributed by atoms with E-state index in [4.69, 9.17) is 4.42 Å². The summed E-state index contributed by atoms with van der Waals surface area (Å²) < 4.78 is 5.85. The van der Waals surface area contributed by atoms with Crippen molar-refractivity contribution in [2.75, 3.05) is 5.32 Å². The molecule has 1 aromatic heterocycles. The summed E-state index contributed by atoms with van der Waals surface area (Å²) in [6.07, 6.45) is 3.04. The summed E-state index contributed by atoms with van der Waals surface area (Å²) in [5.41, 5.74) is 2.50. The van der Waals surface area contributed by atoms with Crippen LogP contribution in [0.15, 0.2) is 89.4 Å². The van der Waals surface area contributed by atoms with Crippen LogP contribution in [0, 0.1) is 0 Å². The monoisotopic (exact) mass is 383 g/mol. The average Bonchev–Trinajstić information content (AvgIpc) is 3.17. The van der Waals surface area contributed by atoms with Crippen LogP contribution in [0.4, 0.5) is 5.69 Å². The van der Waals surface area contributed by atoms with Crippen molar-refractivity contribution >= 4 is 34.6 Å². The molecule has 0 saturated carbocycles. The van der Waals surface area contributed by atoms with Crippen LogP contribution in [0.5, 0.6) is 0 Å². The molecule has 0 spiro atoms. The number of hydrogen-bond acceptors (Lipinski definition) is 3. The van der Waals surface area contributed by atoms with Gasteiger partial charge in [0.1, 0.15) is 11.3 Å². The molecule has 0 saturated heterocycles. The van der Waals surface area contributed by atoms with Gasteiger partial charge in [0.15, 0.2) is 0 Å². The molecule has 4 rings (SSSR count). The van der Waals surface area contributed by atoms with Gasteiger partial charge in [-0.05, 0) is 35.9 Å². The van der Waals surface area contributed by atoms with E-state index in [0.29, 0.717) is 11.3 Å². The predicted octanol–water partition coefficient (Wildman–Crippen LogP) is 5.45. The number of benzene rings is 3. The van der Waals surface area contributed by atoms with Crippen molar-refractivity contribution in [3.63, 3.8) is 0 Å². The van der Waals surface area contributed by atoms with Gasteiger partial charge >= 0.3 is 5.97 Å². The van der Waals surface area contributed by atoms with Gasteiger partial charge in [0, 0.05) is 17.0 Å². The number of rotatable bonds is 5. The molecule has 29 heavy (non-hydrogen) atoms. The van der Waals surface area contributed by atoms with Crippen LogP contribution in [-0.4, -0.2) is 17.0 Å². The highest BCUT2D eigenvalue weighted by molar-refractivity contribution is 6.06. The van der Waals surface area contributed by atoms with Gasteiger partial charge in [-0.15, -0.1) is 0 Å². The summed E-state index contributed by atoms with van der Waals surface area (Å²) in [7, 11) is 0. The highest BCUT2D eigenvalue weighted by Gasteiger charge is 2.15. The standard InChI is InChI=1S/C24H17NO4/c26-23(13-10-16-6-2-1-3-7-16)25-20-14-18(11-12-19(20)24(27)28)22-15-17-8-4-5-9-21(17)29-22/h1-15H,(H,25,26)(H,27,28)/b13-10+. The molecule has 0 atom stereocenters. The first-order chi connectivity index (χ1) is 14.1. The number of aromatic carboxylic acids is 1. The minimum absolute atomic E-state index is 0.00585. The van der Waals surface area contributed by atoms with Gasteiger partial charge in [-0.25, -0.2) is 4.79 Å². The molecule has 0 radical (unpaired) electrons. The van der Waals surface area contributed by atoms with E-state index >= 15 is 0 Å². The molecule has 2 N–H and O–H groups in total. The number of fused-ring (bicyclic) bond motifs is 1. The van der Waals surface area contributed by atoms with Crippen molar-refractivity contribution in [1.82, 2.24) is 0 Å². The maximum Gasteiger partial charge on any atom is 0.337 e. The van der Waals surface area contributed by atoms with Gasteiger partial charge in [0.05, 0.1) is 11.3 Å². The molecular weight excluding hydrogens is 366 g/mol. The summed E-state index contributed by atoms with van der Waals surface area (Å²) in [5.74, 6) is -0.944. The van der Waals surface area contributed by atoms with Gasteiger partial charge in [0.2, 0.25) is 5.91 Å². The molecule has 0 aliphatic heterocycles. The van der Waals surface area contributed by atoms with E-state index < -0.39 is 11.9 Å². The molecule has 0 bridgehead atoms. The fourth-order valence-corrected chi connectivity index (χ4v) is 3.02. The lowest BCUT2D eigenvalue weighted by atomic mass is 10.1. The number of furan rings is 1. The number of carboxylic acids is 1. The molecule has 0 aliphatic carbocycles. The second kappa shape index (κ2) is 7.86. The SMILES string of the molecule is O=C(/C=C/c1ccccc1)Nc1cc(-c2cc3ccccc3o2)ccc1C(=O)O. The van der Waals surface area contributed by atoms with Gasteiger partial charge in [-0.1, -0.05) is 54.6 Å². The Bertz CT molecular complexity index is 1190. The van der Waals surface area contributed by atoms with Crippen molar-refractivity contribution in [3.8, 4) is 11.3 Å². The van der Waals surface area contributed by atoms with Crippen molar-refractivity contribution in [2.45, 2.75) is 0 Å². The van der Waals surface area contributed by atoms with Crippen LogP contribution in [-0.2, 0) is 4.79 Å². The second-order valence-corrected chi connectivity index (χ2v) is 6.45. The summed E-state index contributed by atoms with van der Waals surface area (Å²) in [5, 5.41) is 13.1. The number of para-hydroxylation sites is 1. The number of amides is 1. The molecular formula is C24H17NO4. The van der Waals surface area contributed by atoms with E-state index in [9.17, 15) is 14.7 Å². The smallest absolute Gasteiger partial charge is 0.337 e. The van der Waals surface area contributed by atoms with Crippen molar-refractivity contribution < 1.29 is 19.1 Å². The lowest BCUT2D eigenvalue weighted by molar-refractivity contribution is -0.111. The Hall–Kier alpha value is -4.12. The third-order valence-electron chi connectivity index (χ3n) is 4.44. The van der Waals surface area contributed by atoms with Gasteiger partial charge in [-0.2, -0.15) is 0 Å². The van der Waals surface area contributed by atoms with Crippen molar-refractivity contribution in [1.29, 1.82) is 0 Å².